The molecule has 2 saturated heterocycles. The molecule has 1 aromatic heterocycles. The maximum Gasteiger partial charge on any atom is 0.228 e. The fourth-order valence-electron chi connectivity index (χ4n) is 3.92. The molecule has 0 radical (unpaired) electrons. The number of rotatable bonds is 2. The number of fused-ring (bicyclic) bond motifs is 1. The molecule has 0 saturated carbocycles. The number of hydrogen-bond acceptors (Lipinski definition) is 4. The topological polar surface area (TPSA) is 56.8 Å². The Labute approximate surface area is 136 Å². The molecule has 2 fully saturated rings. The zero-order valence-corrected chi connectivity index (χ0v) is 13.4. The quantitative estimate of drug-likeness (QED) is 0.778. The third-order valence-corrected chi connectivity index (χ3v) is 5.28. The van der Waals surface area contributed by atoms with Crippen LogP contribution in [0.15, 0.2) is 18.3 Å². The van der Waals surface area contributed by atoms with E-state index in [1.54, 1.807) is 6.20 Å². The summed E-state index contributed by atoms with van der Waals surface area (Å²) in [6.07, 6.45) is 3.00. The number of likely N-dealkylation sites (N-methyl/N-ethyl adjacent to an activating group) is 1. The van der Waals surface area contributed by atoms with Gasteiger partial charge in [-0.05, 0) is 25.1 Å². The van der Waals surface area contributed by atoms with Gasteiger partial charge in [0.05, 0.1) is 24.2 Å². The molecule has 0 spiro atoms. The summed E-state index contributed by atoms with van der Waals surface area (Å²) in [6, 6.07) is 4.33. The number of aromatic nitrogens is 1. The SMILES string of the molecule is CN1CC(N2CC(C(=O)N3CCc4cccnc4C3)CC2=O)C1. The average molecular weight is 314 g/mol. The first-order chi connectivity index (χ1) is 11.1. The number of carbonyl (C=O) groups is 2. The third kappa shape index (κ3) is 2.61. The summed E-state index contributed by atoms with van der Waals surface area (Å²) < 4.78 is 0. The summed E-state index contributed by atoms with van der Waals surface area (Å²) in [5.74, 6) is 0.0699. The zero-order chi connectivity index (χ0) is 16.0. The number of likely N-dealkylation sites (tertiary alicyclic amines) is 2. The number of carbonyl (C=O) groups excluding carboxylic acids is 2. The standard InChI is InChI=1S/C17H22N4O2/c1-19-9-14(10-19)21-8-13(7-16(21)22)17(23)20-6-4-12-3-2-5-18-15(12)11-20/h2-3,5,13-14H,4,6-11H2,1H3. The van der Waals surface area contributed by atoms with E-state index in [0.717, 1.165) is 31.7 Å². The second kappa shape index (κ2) is 5.60. The van der Waals surface area contributed by atoms with Crippen LogP contribution in [0.25, 0.3) is 0 Å². The Bertz CT molecular complexity index is 641. The minimum Gasteiger partial charge on any atom is -0.336 e. The maximum atomic E-state index is 12.8. The molecule has 0 N–H and O–H groups in total. The van der Waals surface area contributed by atoms with Gasteiger partial charge in [0.25, 0.3) is 0 Å². The van der Waals surface area contributed by atoms with E-state index >= 15 is 0 Å². The van der Waals surface area contributed by atoms with Gasteiger partial charge in [-0.1, -0.05) is 6.07 Å². The van der Waals surface area contributed by atoms with Crippen molar-refractivity contribution in [2.45, 2.75) is 25.4 Å². The highest BCUT2D eigenvalue weighted by molar-refractivity contribution is 5.89. The molecule has 23 heavy (non-hydrogen) atoms. The zero-order valence-electron chi connectivity index (χ0n) is 13.4. The van der Waals surface area contributed by atoms with E-state index in [2.05, 4.69) is 23.0 Å². The van der Waals surface area contributed by atoms with Crippen LogP contribution in [0, 0.1) is 5.92 Å². The first-order valence-corrected chi connectivity index (χ1v) is 8.31. The van der Waals surface area contributed by atoms with Gasteiger partial charge in [-0.25, -0.2) is 0 Å². The van der Waals surface area contributed by atoms with Crippen molar-refractivity contribution in [3.05, 3.63) is 29.6 Å². The van der Waals surface area contributed by atoms with Crippen LogP contribution in [-0.2, 0) is 22.6 Å². The molecule has 2 amide bonds. The van der Waals surface area contributed by atoms with E-state index in [9.17, 15) is 9.59 Å². The van der Waals surface area contributed by atoms with Gasteiger partial charge in [-0.2, -0.15) is 0 Å². The summed E-state index contributed by atoms with van der Waals surface area (Å²) in [4.78, 5) is 35.4. The van der Waals surface area contributed by atoms with Crippen molar-refractivity contribution in [2.75, 3.05) is 33.2 Å². The number of nitrogens with zero attached hydrogens (tertiary/aromatic N) is 4. The minimum absolute atomic E-state index is 0.116. The monoisotopic (exact) mass is 314 g/mol. The molecule has 1 atom stereocenters. The summed E-state index contributed by atoms with van der Waals surface area (Å²) in [6.45, 7) is 3.74. The fourth-order valence-corrected chi connectivity index (χ4v) is 3.92. The predicted molar refractivity (Wildman–Crippen MR) is 84.5 cm³/mol. The van der Waals surface area contributed by atoms with Gasteiger partial charge in [0, 0.05) is 38.8 Å². The predicted octanol–water partition coefficient (Wildman–Crippen LogP) is 0.129. The van der Waals surface area contributed by atoms with Crippen molar-refractivity contribution < 1.29 is 9.59 Å². The summed E-state index contributed by atoms with van der Waals surface area (Å²) in [7, 11) is 2.05. The molecule has 0 bridgehead atoms. The average Bonchev–Trinajstić information content (AvgIpc) is 2.92. The first-order valence-electron chi connectivity index (χ1n) is 8.31. The van der Waals surface area contributed by atoms with Crippen molar-refractivity contribution in [3.63, 3.8) is 0 Å². The van der Waals surface area contributed by atoms with Gasteiger partial charge >= 0.3 is 0 Å². The molecule has 0 aromatic carbocycles. The van der Waals surface area contributed by atoms with Crippen molar-refractivity contribution in [2.24, 2.45) is 5.92 Å². The largest absolute Gasteiger partial charge is 0.336 e. The Morgan fingerprint density at radius 3 is 2.91 bits per heavy atom. The smallest absolute Gasteiger partial charge is 0.228 e. The normalized spacial score (nSPS) is 25.4. The van der Waals surface area contributed by atoms with Gasteiger partial charge in [0.2, 0.25) is 11.8 Å². The van der Waals surface area contributed by atoms with Crippen LogP contribution in [0.4, 0.5) is 0 Å². The van der Waals surface area contributed by atoms with Crippen molar-refractivity contribution >= 4 is 11.8 Å². The number of amides is 2. The Kier molecular flexibility index (Phi) is 3.56. The van der Waals surface area contributed by atoms with Crippen molar-refractivity contribution in [3.8, 4) is 0 Å². The molecule has 1 unspecified atom stereocenters. The molecular formula is C17H22N4O2. The lowest BCUT2D eigenvalue weighted by Gasteiger charge is -2.42. The molecule has 6 nitrogen and oxygen atoms in total. The second-order valence-electron chi connectivity index (χ2n) is 6.94. The van der Waals surface area contributed by atoms with Gasteiger partial charge in [0.1, 0.15) is 0 Å². The molecule has 4 heterocycles. The van der Waals surface area contributed by atoms with E-state index < -0.39 is 0 Å². The highest BCUT2D eigenvalue weighted by Gasteiger charge is 2.42. The highest BCUT2D eigenvalue weighted by atomic mass is 16.2. The number of pyridine rings is 1. The van der Waals surface area contributed by atoms with Gasteiger partial charge in [-0.3, -0.25) is 14.6 Å². The van der Waals surface area contributed by atoms with Gasteiger partial charge in [-0.15, -0.1) is 0 Å². The van der Waals surface area contributed by atoms with E-state index in [1.807, 2.05) is 15.9 Å². The fraction of sp³-hybridized carbons (Fsp3) is 0.588. The highest BCUT2D eigenvalue weighted by Crippen LogP contribution is 2.27. The summed E-state index contributed by atoms with van der Waals surface area (Å²) >= 11 is 0. The summed E-state index contributed by atoms with van der Waals surface area (Å²) in [5.41, 5.74) is 2.23. The Morgan fingerprint density at radius 2 is 2.13 bits per heavy atom. The molecule has 122 valence electrons. The van der Waals surface area contributed by atoms with E-state index in [-0.39, 0.29) is 17.7 Å². The summed E-state index contributed by atoms with van der Waals surface area (Å²) in [5, 5.41) is 0. The molecule has 6 heteroatoms. The van der Waals surface area contributed by atoms with Crippen LogP contribution in [-0.4, -0.2) is 70.8 Å². The molecule has 3 aliphatic heterocycles. The lowest BCUT2D eigenvalue weighted by Crippen LogP contribution is -2.58. The van der Waals surface area contributed by atoms with Crippen LogP contribution in [0.1, 0.15) is 17.7 Å². The van der Waals surface area contributed by atoms with Gasteiger partial charge in [0.15, 0.2) is 0 Å². The maximum absolute atomic E-state index is 12.8. The molecule has 4 rings (SSSR count). The molecule has 1 aromatic rings. The first kappa shape index (κ1) is 14.6. The van der Waals surface area contributed by atoms with Crippen LogP contribution in [0.5, 0.6) is 0 Å². The van der Waals surface area contributed by atoms with Crippen LogP contribution in [0.3, 0.4) is 0 Å². The van der Waals surface area contributed by atoms with E-state index in [1.165, 1.54) is 5.56 Å². The third-order valence-electron chi connectivity index (χ3n) is 5.28. The second-order valence-corrected chi connectivity index (χ2v) is 6.94. The van der Waals surface area contributed by atoms with Crippen LogP contribution in [0.2, 0.25) is 0 Å². The van der Waals surface area contributed by atoms with Gasteiger partial charge < -0.3 is 14.7 Å². The number of hydrogen-bond donors (Lipinski definition) is 0. The Balaban J connectivity index is 1.41. The van der Waals surface area contributed by atoms with Crippen LogP contribution < -0.4 is 0 Å². The Hall–Kier alpha value is -1.95. The molecule has 3 aliphatic rings. The van der Waals surface area contributed by atoms with Crippen molar-refractivity contribution in [1.29, 1.82) is 0 Å². The minimum atomic E-state index is -0.182. The Morgan fingerprint density at radius 1 is 1.30 bits per heavy atom. The molecule has 0 aliphatic carbocycles. The lowest BCUT2D eigenvalue weighted by atomic mass is 10.0. The van der Waals surface area contributed by atoms with E-state index in [0.29, 0.717) is 25.6 Å². The molecular weight excluding hydrogens is 292 g/mol. The lowest BCUT2D eigenvalue weighted by molar-refractivity contribution is -0.136. The van der Waals surface area contributed by atoms with E-state index in [4.69, 9.17) is 0 Å². The van der Waals surface area contributed by atoms with Crippen molar-refractivity contribution in [1.82, 2.24) is 19.7 Å². The van der Waals surface area contributed by atoms with Crippen LogP contribution >= 0.6 is 0 Å².